The van der Waals surface area contributed by atoms with E-state index in [1.54, 1.807) is 17.9 Å². The predicted molar refractivity (Wildman–Crippen MR) is 92.7 cm³/mol. The summed E-state index contributed by atoms with van der Waals surface area (Å²) in [5, 5.41) is 6.24. The van der Waals surface area contributed by atoms with Crippen LogP contribution < -0.4 is 15.9 Å². The summed E-state index contributed by atoms with van der Waals surface area (Å²) in [6, 6.07) is 10.7. The van der Waals surface area contributed by atoms with Crippen LogP contribution in [-0.2, 0) is 13.5 Å². The highest BCUT2D eigenvalue weighted by atomic mass is 16.1. The molecule has 1 fully saturated rings. The van der Waals surface area contributed by atoms with Crippen LogP contribution in [0.2, 0.25) is 0 Å². The molecule has 124 valence electrons. The van der Waals surface area contributed by atoms with Gasteiger partial charge in [-0.1, -0.05) is 30.3 Å². The van der Waals surface area contributed by atoms with Gasteiger partial charge in [-0.2, -0.15) is 4.79 Å². The van der Waals surface area contributed by atoms with Crippen molar-refractivity contribution in [1.29, 1.82) is 0 Å². The Morgan fingerprint density at radius 1 is 1.29 bits per heavy atom. The molecule has 0 bridgehead atoms. The van der Waals surface area contributed by atoms with Crippen LogP contribution in [0.3, 0.4) is 0 Å². The fourth-order valence-corrected chi connectivity index (χ4v) is 3.39. The molecule has 3 heterocycles. The normalized spacial score (nSPS) is 18.2. The van der Waals surface area contributed by atoms with E-state index in [0.29, 0.717) is 11.0 Å². The van der Waals surface area contributed by atoms with E-state index in [9.17, 15) is 4.79 Å². The van der Waals surface area contributed by atoms with Crippen LogP contribution >= 0.6 is 0 Å². The third kappa shape index (κ3) is 2.46. The average molecular weight is 324 g/mol. The molecule has 1 aliphatic rings. The highest BCUT2D eigenvalue weighted by molar-refractivity contribution is 5.73. The number of piperazine rings is 1. The van der Waals surface area contributed by atoms with E-state index < -0.39 is 0 Å². The van der Waals surface area contributed by atoms with Gasteiger partial charge in [-0.3, -0.25) is 9.80 Å². The summed E-state index contributed by atoms with van der Waals surface area (Å²) < 4.78 is 1.63. The van der Waals surface area contributed by atoms with E-state index in [1.165, 1.54) is 11.9 Å². The predicted octanol–water partition coefficient (Wildman–Crippen LogP) is 0.283. The second-order valence-electron chi connectivity index (χ2n) is 6.09. The number of rotatable bonds is 3. The first kappa shape index (κ1) is 14.9. The molecule has 0 amide bonds. The molecule has 1 atom stereocenters. The van der Waals surface area contributed by atoms with Crippen molar-refractivity contribution in [3.63, 3.8) is 0 Å². The molecule has 1 aromatic carbocycles. The Morgan fingerprint density at radius 2 is 2.12 bits per heavy atom. The molecule has 1 unspecified atom stereocenters. The topological polar surface area (TPSA) is 68.0 Å². The Labute approximate surface area is 139 Å². The Hall–Kier alpha value is -2.67. The van der Waals surface area contributed by atoms with Crippen LogP contribution in [0.4, 0.5) is 0 Å². The fraction of sp³-hybridized carbons (Fsp3) is 0.353. The second kappa shape index (κ2) is 6.09. The SMILES string of the molecule is Cn1c(=O)c2cncnc2n1N1CCNCC1Cc1ccccc1. The highest BCUT2D eigenvalue weighted by Crippen LogP contribution is 2.14. The lowest BCUT2D eigenvalue weighted by atomic mass is 10.0. The lowest BCUT2D eigenvalue weighted by Gasteiger charge is -2.39. The number of aromatic nitrogens is 4. The first-order valence-electron chi connectivity index (χ1n) is 8.15. The molecule has 7 heteroatoms. The Balaban J connectivity index is 1.76. The van der Waals surface area contributed by atoms with Crippen molar-refractivity contribution in [3.05, 3.63) is 58.8 Å². The fourth-order valence-electron chi connectivity index (χ4n) is 3.39. The van der Waals surface area contributed by atoms with E-state index >= 15 is 0 Å². The van der Waals surface area contributed by atoms with E-state index in [1.807, 2.05) is 10.9 Å². The second-order valence-corrected chi connectivity index (χ2v) is 6.09. The van der Waals surface area contributed by atoms with Crippen LogP contribution in [-0.4, -0.2) is 45.1 Å². The van der Waals surface area contributed by atoms with Crippen LogP contribution in [0.15, 0.2) is 47.7 Å². The third-order valence-electron chi connectivity index (χ3n) is 4.57. The average Bonchev–Trinajstić information content (AvgIpc) is 2.88. The van der Waals surface area contributed by atoms with Gasteiger partial charge in [0.1, 0.15) is 11.7 Å². The summed E-state index contributed by atoms with van der Waals surface area (Å²) in [5.74, 6) is 0. The van der Waals surface area contributed by atoms with Crippen LogP contribution in [0.25, 0.3) is 11.0 Å². The summed E-state index contributed by atoms with van der Waals surface area (Å²) >= 11 is 0. The lowest BCUT2D eigenvalue weighted by Crippen LogP contribution is -2.58. The maximum Gasteiger partial charge on any atom is 0.279 e. The van der Waals surface area contributed by atoms with Gasteiger partial charge < -0.3 is 5.32 Å². The quantitative estimate of drug-likeness (QED) is 0.750. The van der Waals surface area contributed by atoms with Gasteiger partial charge in [0.2, 0.25) is 0 Å². The Bertz CT molecular complexity index is 900. The number of benzene rings is 1. The van der Waals surface area contributed by atoms with E-state index in [2.05, 4.69) is 44.6 Å². The van der Waals surface area contributed by atoms with Gasteiger partial charge in [0.15, 0.2) is 5.65 Å². The minimum Gasteiger partial charge on any atom is -0.313 e. The minimum atomic E-state index is -0.0670. The summed E-state index contributed by atoms with van der Waals surface area (Å²) in [5.41, 5.74) is 1.88. The molecule has 3 aromatic rings. The van der Waals surface area contributed by atoms with Crippen LogP contribution in [0.1, 0.15) is 5.56 Å². The summed E-state index contributed by atoms with van der Waals surface area (Å²) in [6.07, 6.45) is 4.00. The number of nitrogens with one attached hydrogen (secondary N) is 1. The molecule has 24 heavy (non-hydrogen) atoms. The number of nitrogens with zero attached hydrogens (tertiary/aromatic N) is 5. The maximum atomic E-state index is 12.5. The van der Waals surface area contributed by atoms with Gasteiger partial charge >= 0.3 is 0 Å². The van der Waals surface area contributed by atoms with Crippen molar-refractivity contribution < 1.29 is 0 Å². The van der Waals surface area contributed by atoms with Crippen molar-refractivity contribution >= 4 is 11.0 Å². The maximum absolute atomic E-state index is 12.5. The summed E-state index contributed by atoms with van der Waals surface area (Å²) in [4.78, 5) is 22.7. The van der Waals surface area contributed by atoms with Crippen LogP contribution in [0, 0.1) is 0 Å². The van der Waals surface area contributed by atoms with Gasteiger partial charge in [-0.05, 0) is 12.0 Å². The first-order chi connectivity index (χ1) is 11.8. The molecule has 2 aromatic heterocycles. The molecule has 7 nitrogen and oxygen atoms in total. The van der Waals surface area contributed by atoms with Gasteiger partial charge in [-0.25, -0.2) is 14.6 Å². The van der Waals surface area contributed by atoms with E-state index in [-0.39, 0.29) is 11.6 Å². The molecule has 0 aliphatic carbocycles. The Morgan fingerprint density at radius 3 is 2.96 bits per heavy atom. The molecule has 0 spiro atoms. The molecule has 1 aliphatic heterocycles. The zero-order chi connectivity index (χ0) is 16.5. The third-order valence-corrected chi connectivity index (χ3v) is 4.57. The first-order valence-corrected chi connectivity index (χ1v) is 8.15. The number of hydrogen-bond acceptors (Lipinski definition) is 5. The zero-order valence-corrected chi connectivity index (χ0v) is 13.6. The zero-order valence-electron chi connectivity index (χ0n) is 13.6. The van der Waals surface area contributed by atoms with Gasteiger partial charge in [0, 0.05) is 32.9 Å². The highest BCUT2D eigenvalue weighted by Gasteiger charge is 2.26. The molecule has 1 N–H and O–H groups in total. The Kier molecular flexibility index (Phi) is 3.78. The van der Waals surface area contributed by atoms with Crippen molar-refractivity contribution in [1.82, 2.24) is 24.8 Å². The van der Waals surface area contributed by atoms with Gasteiger partial charge in [0.25, 0.3) is 5.56 Å². The summed E-state index contributed by atoms with van der Waals surface area (Å²) in [7, 11) is 1.78. The smallest absolute Gasteiger partial charge is 0.279 e. The van der Waals surface area contributed by atoms with Gasteiger partial charge in [-0.15, -0.1) is 0 Å². The molecule has 0 saturated carbocycles. The van der Waals surface area contributed by atoms with E-state index in [4.69, 9.17) is 0 Å². The van der Waals surface area contributed by atoms with Crippen molar-refractivity contribution in [2.24, 2.45) is 7.05 Å². The molecule has 4 rings (SSSR count). The monoisotopic (exact) mass is 324 g/mol. The molecule has 0 radical (unpaired) electrons. The largest absolute Gasteiger partial charge is 0.313 e. The van der Waals surface area contributed by atoms with Crippen molar-refractivity contribution in [2.75, 3.05) is 24.6 Å². The number of fused-ring (bicyclic) bond motifs is 1. The number of hydrogen-bond donors (Lipinski definition) is 1. The molecular weight excluding hydrogens is 304 g/mol. The van der Waals surface area contributed by atoms with Crippen molar-refractivity contribution in [2.45, 2.75) is 12.5 Å². The van der Waals surface area contributed by atoms with E-state index in [0.717, 1.165) is 26.1 Å². The van der Waals surface area contributed by atoms with Crippen LogP contribution in [0.5, 0.6) is 0 Å². The lowest BCUT2D eigenvalue weighted by molar-refractivity contribution is 0.348. The molecular formula is C17H20N6O. The standard InChI is InChI=1S/C17H20N6O/c1-21-17(24)15-11-19-12-20-16(15)23(21)22-8-7-18-10-14(22)9-13-5-3-2-4-6-13/h2-6,11-12,14,18H,7-10H2,1H3. The molecule has 1 saturated heterocycles. The van der Waals surface area contributed by atoms with Gasteiger partial charge in [0.05, 0.1) is 6.04 Å². The summed E-state index contributed by atoms with van der Waals surface area (Å²) in [6.45, 7) is 2.57. The minimum absolute atomic E-state index is 0.0670. The van der Waals surface area contributed by atoms with Crippen molar-refractivity contribution in [3.8, 4) is 0 Å².